The lowest BCUT2D eigenvalue weighted by Crippen LogP contribution is -2.65. The van der Waals surface area contributed by atoms with E-state index in [1.807, 2.05) is 0 Å². The molecule has 4 fully saturated rings. The SMILES string of the molecule is CC1(C)[C@@H]2C[C@H]3OB([C@@H](N)Cc4ccc(F)cc4)O[C@@]3(C)[C@H]1C2.Cl. The summed E-state index contributed by atoms with van der Waals surface area (Å²) in [5.74, 6) is 0.822. The molecule has 1 aliphatic heterocycles. The second kappa shape index (κ2) is 5.98. The minimum atomic E-state index is -0.370. The van der Waals surface area contributed by atoms with Gasteiger partial charge < -0.3 is 15.0 Å². The van der Waals surface area contributed by atoms with E-state index >= 15 is 0 Å². The molecule has 3 aliphatic carbocycles. The van der Waals surface area contributed by atoms with Crippen molar-refractivity contribution >= 4 is 19.5 Å². The first kappa shape index (κ1) is 18.2. The molecule has 0 amide bonds. The van der Waals surface area contributed by atoms with Gasteiger partial charge in [-0.05, 0) is 61.1 Å². The standard InChI is InChI=1S/C18H25BFNO2.ClH/c1-17(2)12-9-14(17)18(3)15(10-12)22-19(23-18)16(21)8-11-4-6-13(20)7-5-11;/h4-7,12,14-16H,8-10,21H2,1-3H3;1H/t12-,14-,15+,16-,18-;/m0./s1. The summed E-state index contributed by atoms with van der Waals surface area (Å²) < 4.78 is 25.6. The molecule has 2 bridgehead atoms. The lowest BCUT2D eigenvalue weighted by atomic mass is 9.43. The smallest absolute Gasteiger partial charge is 0.404 e. The highest BCUT2D eigenvalue weighted by Gasteiger charge is 2.68. The Morgan fingerprint density at radius 2 is 1.92 bits per heavy atom. The molecule has 132 valence electrons. The van der Waals surface area contributed by atoms with Gasteiger partial charge in [-0.3, -0.25) is 0 Å². The summed E-state index contributed by atoms with van der Waals surface area (Å²) in [7, 11) is -0.370. The summed E-state index contributed by atoms with van der Waals surface area (Å²) in [5, 5.41) is 0. The molecule has 0 spiro atoms. The second-order valence-corrected chi connectivity index (χ2v) is 8.33. The quantitative estimate of drug-likeness (QED) is 0.847. The van der Waals surface area contributed by atoms with Crippen LogP contribution in [0, 0.1) is 23.1 Å². The first-order chi connectivity index (χ1) is 10.8. The molecular weight excluding hydrogens is 327 g/mol. The fraction of sp³-hybridized carbons (Fsp3) is 0.667. The van der Waals surface area contributed by atoms with Crippen molar-refractivity contribution in [3.8, 4) is 0 Å². The fourth-order valence-corrected chi connectivity index (χ4v) is 5.07. The minimum Gasteiger partial charge on any atom is -0.404 e. The molecular formula is C18H26BClFNO2. The van der Waals surface area contributed by atoms with Gasteiger partial charge in [0.2, 0.25) is 0 Å². The molecule has 4 aliphatic rings. The van der Waals surface area contributed by atoms with Gasteiger partial charge >= 0.3 is 7.12 Å². The highest BCUT2D eigenvalue weighted by molar-refractivity contribution is 6.47. The van der Waals surface area contributed by atoms with Crippen LogP contribution in [0.3, 0.4) is 0 Å². The molecule has 3 saturated carbocycles. The zero-order valence-corrected chi connectivity index (χ0v) is 15.3. The van der Waals surface area contributed by atoms with Crippen LogP contribution in [-0.2, 0) is 15.7 Å². The van der Waals surface area contributed by atoms with Crippen LogP contribution in [0.2, 0.25) is 0 Å². The number of nitrogens with two attached hydrogens (primary N) is 1. The lowest BCUT2D eigenvalue weighted by Gasteiger charge is -2.64. The Morgan fingerprint density at radius 3 is 2.54 bits per heavy atom. The first-order valence-electron chi connectivity index (χ1n) is 8.64. The molecule has 24 heavy (non-hydrogen) atoms. The Balaban J connectivity index is 0.00000169. The van der Waals surface area contributed by atoms with Crippen LogP contribution in [0.15, 0.2) is 24.3 Å². The van der Waals surface area contributed by atoms with Gasteiger partial charge in [-0.15, -0.1) is 12.4 Å². The summed E-state index contributed by atoms with van der Waals surface area (Å²) >= 11 is 0. The first-order valence-corrected chi connectivity index (χ1v) is 8.64. The van der Waals surface area contributed by atoms with E-state index in [9.17, 15) is 4.39 Å². The molecule has 5 rings (SSSR count). The van der Waals surface area contributed by atoms with Gasteiger partial charge in [-0.2, -0.15) is 0 Å². The van der Waals surface area contributed by atoms with Crippen molar-refractivity contribution in [2.45, 2.75) is 57.7 Å². The minimum absolute atomic E-state index is 0. The number of hydrogen-bond acceptors (Lipinski definition) is 3. The zero-order valence-electron chi connectivity index (χ0n) is 14.5. The normalized spacial score (nSPS) is 37.2. The summed E-state index contributed by atoms with van der Waals surface area (Å²) in [4.78, 5) is 0. The predicted octanol–water partition coefficient (Wildman–Crippen LogP) is 3.38. The Hall–Kier alpha value is -0.615. The fourth-order valence-electron chi connectivity index (χ4n) is 5.07. The third-order valence-corrected chi connectivity index (χ3v) is 6.70. The monoisotopic (exact) mass is 353 g/mol. The molecule has 1 aromatic rings. The van der Waals surface area contributed by atoms with E-state index in [0.717, 1.165) is 17.9 Å². The van der Waals surface area contributed by atoms with Crippen LogP contribution in [0.5, 0.6) is 0 Å². The summed E-state index contributed by atoms with van der Waals surface area (Å²) in [6.45, 7) is 6.90. The molecule has 0 unspecified atom stereocenters. The van der Waals surface area contributed by atoms with E-state index in [1.165, 1.54) is 18.6 Å². The van der Waals surface area contributed by atoms with Crippen molar-refractivity contribution in [3.63, 3.8) is 0 Å². The maximum Gasteiger partial charge on any atom is 0.475 e. The van der Waals surface area contributed by atoms with E-state index in [2.05, 4.69) is 20.8 Å². The van der Waals surface area contributed by atoms with Crippen LogP contribution in [0.25, 0.3) is 0 Å². The van der Waals surface area contributed by atoms with Crippen LogP contribution in [0.4, 0.5) is 4.39 Å². The topological polar surface area (TPSA) is 44.5 Å². The molecule has 1 heterocycles. The molecule has 1 saturated heterocycles. The summed E-state index contributed by atoms with van der Waals surface area (Å²) in [6, 6.07) is 6.49. The van der Waals surface area contributed by atoms with E-state index in [1.54, 1.807) is 12.1 Å². The van der Waals surface area contributed by atoms with Crippen molar-refractivity contribution in [1.82, 2.24) is 0 Å². The predicted molar refractivity (Wildman–Crippen MR) is 95.4 cm³/mol. The maximum atomic E-state index is 13.0. The van der Waals surface area contributed by atoms with Gasteiger partial charge in [-0.25, -0.2) is 4.39 Å². The Morgan fingerprint density at radius 1 is 1.25 bits per heavy atom. The number of hydrogen-bond donors (Lipinski definition) is 1. The van der Waals surface area contributed by atoms with E-state index in [4.69, 9.17) is 15.0 Å². The summed E-state index contributed by atoms with van der Waals surface area (Å²) in [6.07, 6.45) is 3.09. The van der Waals surface area contributed by atoms with Crippen molar-refractivity contribution < 1.29 is 13.7 Å². The molecule has 6 heteroatoms. The molecule has 3 nitrogen and oxygen atoms in total. The van der Waals surface area contributed by atoms with E-state index in [0.29, 0.717) is 17.8 Å². The molecule has 1 aromatic carbocycles. The molecule has 5 atom stereocenters. The number of rotatable bonds is 3. The number of benzene rings is 1. The van der Waals surface area contributed by atoms with Crippen LogP contribution in [-0.4, -0.2) is 24.8 Å². The third kappa shape index (κ3) is 2.61. The Labute approximate surface area is 150 Å². The van der Waals surface area contributed by atoms with Gasteiger partial charge in [-0.1, -0.05) is 26.0 Å². The maximum absolute atomic E-state index is 13.0. The van der Waals surface area contributed by atoms with Gasteiger partial charge in [0.1, 0.15) is 5.82 Å². The van der Waals surface area contributed by atoms with Crippen molar-refractivity contribution in [2.24, 2.45) is 23.0 Å². The Bertz CT molecular complexity index is 614. The van der Waals surface area contributed by atoms with Crippen LogP contribution >= 0.6 is 12.4 Å². The van der Waals surface area contributed by atoms with Crippen molar-refractivity contribution in [3.05, 3.63) is 35.6 Å². The van der Waals surface area contributed by atoms with Gasteiger partial charge in [0.25, 0.3) is 0 Å². The zero-order chi connectivity index (χ0) is 16.4. The molecule has 2 N–H and O–H groups in total. The van der Waals surface area contributed by atoms with Crippen molar-refractivity contribution in [2.75, 3.05) is 0 Å². The van der Waals surface area contributed by atoms with Crippen molar-refractivity contribution in [1.29, 1.82) is 0 Å². The third-order valence-electron chi connectivity index (χ3n) is 6.70. The Kier molecular flexibility index (Phi) is 4.53. The van der Waals surface area contributed by atoms with Crippen LogP contribution in [0.1, 0.15) is 39.2 Å². The van der Waals surface area contributed by atoms with Gasteiger partial charge in [0.05, 0.1) is 11.7 Å². The van der Waals surface area contributed by atoms with Gasteiger partial charge in [0.15, 0.2) is 0 Å². The van der Waals surface area contributed by atoms with E-state index < -0.39 is 0 Å². The largest absolute Gasteiger partial charge is 0.475 e. The highest BCUT2D eigenvalue weighted by Crippen LogP contribution is 2.65. The average molecular weight is 354 g/mol. The van der Waals surface area contributed by atoms with Gasteiger partial charge in [0, 0.05) is 5.94 Å². The average Bonchev–Trinajstić information content (AvgIpc) is 2.86. The summed E-state index contributed by atoms with van der Waals surface area (Å²) in [5.41, 5.74) is 7.47. The van der Waals surface area contributed by atoms with Crippen LogP contribution < -0.4 is 5.73 Å². The van der Waals surface area contributed by atoms with E-state index in [-0.39, 0.29) is 43.0 Å². The molecule has 0 radical (unpaired) electrons. The highest BCUT2D eigenvalue weighted by atomic mass is 35.5. The number of halogens is 2. The lowest BCUT2D eigenvalue weighted by molar-refractivity contribution is -0.199. The second-order valence-electron chi connectivity index (χ2n) is 8.33. The molecule has 0 aromatic heterocycles.